The lowest BCUT2D eigenvalue weighted by Crippen LogP contribution is -2.50. The number of hydrogen-bond acceptors (Lipinski definition) is 6. The van der Waals surface area contributed by atoms with Gasteiger partial charge in [-0.3, -0.25) is 19.2 Å². The zero-order valence-electron chi connectivity index (χ0n) is 17.9. The Balaban J connectivity index is 1.77. The average Bonchev–Trinajstić information content (AvgIpc) is 2.72. The topological polar surface area (TPSA) is 105 Å². The molecule has 0 unspecified atom stereocenters. The minimum atomic E-state index is -1.02. The highest BCUT2D eigenvalue weighted by Gasteiger charge is 2.24. The van der Waals surface area contributed by atoms with Crippen LogP contribution >= 0.6 is 0 Å². The molecule has 30 heavy (non-hydrogen) atoms. The first-order valence-corrected chi connectivity index (χ1v) is 9.89. The normalized spacial score (nSPS) is 14.7. The summed E-state index contributed by atoms with van der Waals surface area (Å²) in [5.74, 6) is -0.788. The minimum absolute atomic E-state index is 0.00104. The first kappa shape index (κ1) is 23.2. The molecule has 0 bridgehead atoms. The van der Waals surface area contributed by atoms with Gasteiger partial charge in [-0.25, -0.2) is 0 Å². The molecule has 1 aromatic carbocycles. The molecule has 164 valence electrons. The number of benzene rings is 1. The minimum Gasteiger partial charge on any atom is -0.495 e. The third-order valence-electron chi connectivity index (χ3n) is 4.91. The number of aryl methyl sites for hydroxylation is 1. The van der Waals surface area contributed by atoms with Crippen LogP contribution in [0.3, 0.4) is 0 Å². The summed E-state index contributed by atoms with van der Waals surface area (Å²) in [6, 6.07) is 5.36. The van der Waals surface area contributed by atoms with E-state index in [1.165, 1.54) is 21.0 Å². The van der Waals surface area contributed by atoms with Gasteiger partial charge in [0.2, 0.25) is 11.8 Å². The standard InChI is InChI=1S/C21H29N3O6/c1-14-5-6-18(29-4)17(13-14)22-21(28)15(2)30-20(27)8-7-19(26)24-11-9-23(10-12-24)16(3)25/h5-6,13,15H,7-12H2,1-4H3,(H,22,28)/t15-/m1/s1. The smallest absolute Gasteiger partial charge is 0.307 e. The van der Waals surface area contributed by atoms with Gasteiger partial charge in [-0.2, -0.15) is 0 Å². The average molecular weight is 419 g/mol. The van der Waals surface area contributed by atoms with Crippen molar-refractivity contribution in [2.24, 2.45) is 0 Å². The van der Waals surface area contributed by atoms with Gasteiger partial charge in [-0.1, -0.05) is 6.07 Å². The Bertz CT molecular complexity index is 802. The van der Waals surface area contributed by atoms with Gasteiger partial charge in [-0.05, 0) is 31.5 Å². The van der Waals surface area contributed by atoms with E-state index in [1.54, 1.807) is 21.9 Å². The van der Waals surface area contributed by atoms with Gasteiger partial charge in [0.1, 0.15) is 5.75 Å². The van der Waals surface area contributed by atoms with Gasteiger partial charge in [0.05, 0.1) is 19.2 Å². The molecule has 1 heterocycles. The van der Waals surface area contributed by atoms with Gasteiger partial charge in [-0.15, -0.1) is 0 Å². The van der Waals surface area contributed by atoms with E-state index in [4.69, 9.17) is 9.47 Å². The molecule has 9 nitrogen and oxygen atoms in total. The van der Waals surface area contributed by atoms with Crippen LogP contribution < -0.4 is 10.1 Å². The molecule has 1 aliphatic heterocycles. The number of nitrogens with one attached hydrogen (secondary N) is 1. The van der Waals surface area contributed by atoms with E-state index in [9.17, 15) is 19.2 Å². The quantitative estimate of drug-likeness (QED) is 0.669. The lowest BCUT2D eigenvalue weighted by molar-refractivity contribution is -0.154. The molecular weight excluding hydrogens is 390 g/mol. The van der Waals surface area contributed by atoms with Gasteiger partial charge in [0, 0.05) is 39.5 Å². The predicted octanol–water partition coefficient (Wildman–Crippen LogP) is 1.34. The zero-order chi connectivity index (χ0) is 22.3. The maximum Gasteiger partial charge on any atom is 0.307 e. The maximum absolute atomic E-state index is 12.3. The molecule has 1 saturated heterocycles. The number of carbonyl (C=O) groups excluding carboxylic acids is 4. The van der Waals surface area contributed by atoms with E-state index in [-0.39, 0.29) is 24.7 Å². The molecule has 9 heteroatoms. The lowest BCUT2D eigenvalue weighted by atomic mass is 10.2. The number of esters is 1. The number of nitrogens with zero attached hydrogens (tertiary/aromatic N) is 2. The van der Waals surface area contributed by atoms with Gasteiger partial charge in [0.15, 0.2) is 6.10 Å². The summed E-state index contributed by atoms with van der Waals surface area (Å²) in [7, 11) is 1.50. The van der Waals surface area contributed by atoms with Crippen LogP contribution in [0.25, 0.3) is 0 Å². The van der Waals surface area contributed by atoms with Crippen LogP contribution in [0.5, 0.6) is 5.75 Å². The number of hydrogen-bond donors (Lipinski definition) is 1. The van der Waals surface area contributed by atoms with Crippen molar-refractivity contribution in [3.05, 3.63) is 23.8 Å². The first-order valence-electron chi connectivity index (χ1n) is 9.89. The molecule has 0 spiro atoms. The van der Waals surface area contributed by atoms with Crippen molar-refractivity contribution in [1.29, 1.82) is 0 Å². The maximum atomic E-state index is 12.3. The molecule has 1 N–H and O–H groups in total. The van der Waals surface area contributed by atoms with Crippen molar-refractivity contribution in [3.63, 3.8) is 0 Å². The highest BCUT2D eigenvalue weighted by Crippen LogP contribution is 2.25. The second kappa shape index (κ2) is 10.6. The number of methoxy groups -OCH3 is 1. The third kappa shape index (κ3) is 6.47. The summed E-state index contributed by atoms with van der Waals surface area (Å²) in [6.45, 7) is 6.74. The van der Waals surface area contributed by atoms with Gasteiger partial charge >= 0.3 is 5.97 Å². The fourth-order valence-electron chi connectivity index (χ4n) is 3.10. The van der Waals surface area contributed by atoms with E-state index in [2.05, 4.69) is 5.32 Å². The number of rotatable bonds is 7. The molecule has 0 aromatic heterocycles. The Labute approximate surface area is 176 Å². The summed E-state index contributed by atoms with van der Waals surface area (Å²) in [5, 5.41) is 2.69. The molecular formula is C21H29N3O6. The summed E-state index contributed by atoms with van der Waals surface area (Å²) in [5.41, 5.74) is 1.43. The molecule has 1 aliphatic rings. The summed E-state index contributed by atoms with van der Waals surface area (Å²) >= 11 is 0. The molecule has 1 fully saturated rings. The molecule has 0 aliphatic carbocycles. The SMILES string of the molecule is COc1ccc(C)cc1NC(=O)[C@@H](C)OC(=O)CCC(=O)N1CCN(C(C)=O)CC1. The highest BCUT2D eigenvalue weighted by atomic mass is 16.5. The van der Waals surface area contributed by atoms with Crippen molar-refractivity contribution in [2.45, 2.75) is 39.7 Å². The van der Waals surface area contributed by atoms with Crippen LogP contribution in [0.2, 0.25) is 0 Å². The molecule has 1 atom stereocenters. The summed E-state index contributed by atoms with van der Waals surface area (Å²) in [4.78, 5) is 51.3. The van der Waals surface area contributed by atoms with E-state index in [0.29, 0.717) is 37.6 Å². The Morgan fingerprint density at radius 1 is 1.07 bits per heavy atom. The second-order valence-electron chi connectivity index (χ2n) is 7.21. The number of anilines is 1. The predicted molar refractivity (Wildman–Crippen MR) is 110 cm³/mol. The van der Waals surface area contributed by atoms with Crippen molar-refractivity contribution < 1.29 is 28.7 Å². The van der Waals surface area contributed by atoms with E-state index in [1.807, 2.05) is 13.0 Å². The number of amides is 3. The fraction of sp³-hybridized carbons (Fsp3) is 0.524. The van der Waals surface area contributed by atoms with Crippen molar-refractivity contribution in [2.75, 3.05) is 38.6 Å². The van der Waals surface area contributed by atoms with Crippen molar-refractivity contribution >= 4 is 29.4 Å². The lowest BCUT2D eigenvalue weighted by Gasteiger charge is -2.34. The van der Waals surface area contributed by atoms with E-state index < -0.39 is 18.0 Å². The van der Waals surface area contributed by atoms with Crippen molar-refractivity contribution in [1.82, 2.24) is 9.80 Å². The van der Waals surface area contributed by atoms with Crippen LogP contribution in [-0.2, 0) is 23.9 Å². The Kier molecular flexibility index (Phi) is 8.20. The Morgan fingerprint density at radius 3 is 2.30 bits per heavy atom. The zero-order valence-corrected chi connectivity index (χ0v) is 17.9. The van der Waals surface area contributed by atoms with Gasteiger partial charge < -0.3 is 24.6 Å². The summed E-state index contributed by atoms with van der Waals surface area (Å²) < 4.78 is 10.4. The monoisotopic (exact) mass is 419 g/mol. The number of ether oxygens (including phenoxy) is 2. The van der Waals surface area contributed by atoms with Crippen molar-refractivity contribution in [3.8, 4) is 5.75 Å². The Morgan fingerprint density at radius 2 is 1.70 bits per heavy atom. The first-order chi connectivity index (χ1) is 14.2. The molecule has 2 rings (SSSR count). The van der Waals surface area contributed by atoms with Crippen LogP contribution in [0.4, 0.5) is 5.69 Å². The third-order valence-corrected chi connectivity index (χ3v) is 4.91. The molecule has 0 saturated carbocycles. The second-order valence-corrected chi connectivity index (χ2v) is 7.21. The van der Waals surface area contributed by atoms with E-state index in [0.717, 1.165) is 5.56 Å². The van der Waals surface area contributed by atoms with Crippen LogP contribution in [-0.4, -0.2) is 72.9 Å². The van der Waals surface area contributed by atoms with E-state index >= 15 is 0 Å². The largest absolute Gasteiger partial charge is 0.495 e. The molecule has 3 amide bonds. The van der Waals surface area contributed by atoms with Crippen LogP contribution in [0, 0.1) is 6.92 Å². The fourth-order valence-corrected chi connectivity index (χ4v) is 3.10. The van der Waals surface area contributed by atoms with Crippen LogP contribution in [0.1, 0.15) is 32.3 Å². The molecule has 1 aromatic rings. The highest BCUT2D eigenvalue weighted by molar-refractivity contribution is 5.96. The number of carbonyl (C=O) groups is 4. The Hall–Kier alpha value is -3.10. The molecule has 0 radical (unpaired) electrons. The van der Waals surface area contributed by atoms with Crippen LogP contribution in [0.15, 0.2) is 18.2 Å². The summed E-state index contributed by atoms with van der Waals surface area (Å²) in [6.07, 6.45) is -1.13. The van der Waals surface area contributed by atoms with Gasteiger partial charge in [0.25, 0.3) is 5.91 Å². The number of piperazine rings is 1.